The van der Waals surface area contributed by atoms with Crippen LogP contribution >= 0.6 is 0 Å². The standard InChI is InChI=1S/C37H33F6N7O4S/c1-36(2,52)11-10-21-8-9-22(23-6-5-7-24-32(23)49(3)47-35(24)48-55(4,53)54)30(44-21)27(14-18-12-19(38)15-20(39)13-18)45-28(51)17-50-33-29(31(46-50)34(40)41)25-16-26(25)37(33,42)43/h5-9,12-13,15,25-27,34,52H,14,16-17H2,1-4H3,(H,45,51)(H,47,48)/t25-,26+,27?/m0/s1. The third kappa shape index (κ3) is 7.50. The first-order valence-electron chi connectivity index (χ1n) is 16.9. The lowest BCUT2D eigenvalue weighted by Gasteiger charge is -2.23. The molecule has 3 N–H and O–H groups in total. The monoisotopic (exact) mass is 785 g/mol. The number of nitrogens with zero attached hydrogens (tertiary/aromatic N) is 5. The highest BCUT2D eigenvalue weighted by Gasteiger charge is 2.67. The number of amides is 1. The molecule has 11 nitrogen and oxygen atoms in total. The van der Waals surface area contributed by atoms with E-state index in [1.54, 1.807) is 31.3 Å². The van der Waals surface area contributed by atoms with Crippen molar-refractivity contribution in [1.82, 2.24) is 29.9 Å². The van der Waals surface area contributed by atoms with Gasteiger partial charge in [-0.1, -0.05) is 18.1 Å². The van der Waals surface area contributed by atoms with E-state index in [9.17, 15) is 35.9 Å². The number of rotatable bonds is 10. The minimum Gasteiger partial charge on any atom is -0.378 e. The van der Waals surface area contributed by atoms with Crippen molar-refractivity contribution in [3.05, 3.63) is 94.1 Å². The van der Waals surface area contributed by atoms with Crippen molar-refractivity contribution in [1.29, 1.82) is 0 Å². The fraction of sp³-hybridized carbons (Fsp3) is 0.351. The predicted octanol–water partition coefficient (Wildman–Crippen LogP) is 5.85. The molecule has 1 fully saturated rings. The van der Waals surface area contributed by atoms with Crippen LogP contribution in [0.4, 0.5) is 32.2 Å². The van der Waals surface area contributed by atoms with Gasteiger partial charge in [-0.05, 0) is 74.4 Å². The number of pyridine rings is 1. The molecule has 3 atom stereocenters. The van der Waals surface area contributed by atoms with E-state index in [4.69, 9.17) is 4.98 Å². The second-order valence-corrected chi connectivity index (χ2v) is 16.0. The van der Waals surface area contributed by atoms with E-state index in [-0.39, 0.29) is 41.2 Å². The van der Waals surface area contributed by atoms with Crippen molar-refractivity contribution in [2.24, 2.45) is 13.0 Å². The van der Waals surface area contributed by atoms with Gasteiger partial charge in [0.2, 0.25) is 15.9 Å². The fourth-order valence-electron chi connectivity index (χ4n) is 7.19. The van der Waals surface area contributed by atoms with Crippen LogP contribution in [0.25, 0.3) is 22.0 Å². The number of aromatic nitrogens is 5. The lowest BCUT2D eigenvalue weighted by molar-refractivity contribution is -0.123. The van der Waals surface area contributed by atoms with Gasteiger partial charge < -0.3 is 10.4 Å². The van der Waals surface area contributed by atoms with Crippen molar-refractivity contribution >= 4 is 32.7 Å². The van der Waals surface area contributed by atoms with Crippen LogP contribution in [0.15, 0.2) is 48.5 Å². The van der Waals surface area contributed by atoms with E-state index in [1.807, 2.05) is 0 Å². The van der Waals surface area contributed by atoms with Gasteiger partial charge in [-0.25, -0.2) is 31.0 Å². The highest BCUT2D eigenvalue weighted by molar-refractivity contribution is 7.92. The van der Waals surface area contributed by atoms with Crippen LogP contribution in [-0.2, 0) is 40.8 Å². The molecule has 1 saturated carbocycles. The number of benzene rings is 2. The van der Waals surface area contributed by atoms with Crippen molar-refractivity contribution in [2.75, 3.05) is 11.0 Å². The number of aryl methyl sites for hydroxylation is 1. The lowest BCUT2D eigenvalue weighted by atomic mass is 9.93. The summed E-state index contributed by atoms with van der Waals surface area (Å²) in [5.41, 5.74) is -1.85. The van der Waals surface area contributed by atoms with Gasteiger partial charge in [0.25, 0.3) is 12.3 Å². The quantitative estimate of drug-likeness (QED) is 0.119. The van der Waals surface area contributed by atoms with E-state index in [0.717, 1.165) is 18.4 Å². The van der Waals surface area contributed by atoms with E-state index in [0.29, 0.717) is 32.8 Å². The minimum atomic E-state index is -3.75. The molecule has 3 aromatic heterocycles. The summed E-state index contributed by atoms with van der Waals surface area (Å²) in [6.07, 6.45) is -2.48. The summed E-state index contributed by atoms with van der Waals surface area (Å²) >= 11 is 0. The Hall–Kier alpha value is -5.41. The highest BCUT2D eigenvalue weighted by Crippen LogP contribution is 2.68. The second kappa shape index (κ2) is 13.4. The number of halogens is 6. The van der Waals surface area contributed by atoms with Gasteiger partial charge >= 0.3 is 0 Å². The average Bonchev–Trinajstić information content (AvgIpc) is 3.62. The Labute approximate surface area is 310 Å². The Balaban J connectivity index is 1.37. The Morgan fingerprint density at radius 3 is 2.44 bits per heavy atom. The molecule has 1 amide bonds. The van der Waals surface area contributed by atoms with Gasteiger partial charge in [0.1, 0.15) is 40.9 Å². The van der Waals surface area contributed by atoms with Gasteiger partial charge in [-0.2, -0.15) is 19.0 Å². The molecule has 0 radical (unpaired) electrons. The van der Waals surface area contributed by atoms with Crippen molar-refractivity contribution in [3.63, 3.8) is 0 Å². The Kier molecular flexibility index (Phi) is 9.24. The van der Waals surface area contributed by atoms with Gasteiger partial charge in [-0.15, -0.1) is 0 Å². The zero-order valence-electron chi connectivity index (χ0n) is 29.6. The molecule has 0 spiro atoms. The van der Waals surface area contributed by atoms with Crippen molar-refractivity contribution < 1.29 is 44.7 Å². The van der Waals surface area contributed by atoms with Crippen LogP contribution in [0.2, 0.25) is 0 Å². The maximum Gasteiger partial charge on any atom is 0.293 e. The molecule has 0 aliphatic heterocycles. The summed E-state index contributed by atoms with van der Waals surface area (Å²) < 4.78 is 116. The summed E-state index contributed by atoms with van der Waals surface area (Å²) in [7, 11) is -2.18. The third-order valence-electron chi connectivity index (χ3n) is 9.35. The Bertz CT molecular complexity index is 2530. The number of anilines is 1. The van der Waals surface area contributed by atoms with Crippen molar-refractivity contribution in [2.45, 2.75) is 63.1 Å². The smallest absolute Gasteiger partial charge is 0.293 e. The van der Waals surface area contributed by atoms with Crippen LogP contribution in [0.5, 0.6) is 0 Å². The molecule has 7 rings (SSSR count). The maximum absolute atomic E-state index is 15.4. The van der Waals surface area contributed by atoms with Gasteiger partial charge in [0, 0.05) is 41.1 Å². The van der Waals surface area contributed by atoms with Crippen molar-refractivity contribution in [3.8, 4) is 23.0 Å². The van der Waals surface area contributed by atoms with E-state index < -0.39 is 81.3 Å². The first-order chi connectivity index (χ1) is 25.7. The predicted molar refractivity (Wildman–Crippen MR) is 188 cm³/mol. The number of hydrogen-bond acceptors (Lipinski definition) is 7. The topological polar surface area (TPSA) is 144 Å². The average molecular weight is 786 g/mol. The number of sulfonamides is 1. The number of carbonyl (C=O) groups is 1. The zero-order chi connectivity index (χ0) is 39.8. The van der Waals surface area contributed by atoms with Crippen LogP contribution < -0.4 is 10.0 Å². The third-order valence-corrected chi connectivity index (χ3v) is 9.91. The van der Waals surface area contributed by atoms with E-state index in [2.05, 4.69) is 32.1 Å². The molecular weight excluding hydrogens is 753 g/mol. The molecule has 1 unspecified atom stereocenters. The molecule has 55 heavy (non-hydrogen) atoms. The molecule has 18 heteroatoms. The number of aliphatic hydroxyl groups is 1. The van der Waals surface area contributed by atoms with Gasteiger partial charge in [0.15, 0.2) is 5.82 Å². The number of carbonyl (C=O) groups excluding carboxylic acids is 1. The molecular formula is C37H33F6N7O4S. The molecule has 3 heterocycles. The highest BCUT2D eigenvalue weighted by atomic mass is 32.2. The molecule has 5 aromatic rings. The Morgan fingerprint density at radius 2 is 1.78 bits per heavy atom. The molecule has 2 aliphatic carbocycles. The number of para-hydroxylation sites is 1. The van der Waals surface area contributed by atoms with Crippen LogP contribution in [0.3, 0.4) is 0 Å². The molecule has 0 bridgehead atoms. The number of hydrogen-bond donors (Lipinski definition) is 3. The summed E-state index contributed by atoms with van der Waals surface area (Å²) in [5, 5.41) is 21.5. The lowest BCUT2D eigenvalue weighted by Crippen LogP contribution is -2.35. The zero-order valence-corrected chi connectivity index (χ0v) is 30.5. The SMILES string of the molecule is Cn1nc(NS(C)(=O)=O)c2cccc(-c3ccc(C#CC(C)(C)O)nc3C(Cc3cc(F)cc(F)c3)NC(=O)Cn3nc(C(F)F)c4c3C(F)(F)[C@@H]3C[C@H]43)c21. The first-order valence-corrected chi connectivity index (χ1v) is 18.8. The Morgan fingerprint density at radius 1 is 1.07 bits per heavy atom. The molecule has 288 valence electrons. The molecule has 2 aromatic carbocycles. The molecule has 0 saturated heterocycles. The fourth-order valence-corrected chi connectivity index (χ4v) is 7.70. The van der Waals surface area contributed by atoms with E-state index >= 15 is 8.78 Å². The first kappa shape index (κ1) is 37.9. The largest absolute Gasteiger partial charge is 0.378 e. The summed E-state index contributed by atoms with van der Waals surface area (Å²) in [6, 6.07) is 9.48. The molecule has 2 aliphatic rings. The maximum atomic E-state index is 15.4. The van der Waals surface area contributed by atoms with Gasteiger partial charge in [0.05, 0.1) is 23.5 Å². The van der Waals surface area contributed by atoms with Crippen LogP contribution in [0.1, 0.15) is 72.6 Å². The summed E-state index contributed by atoms with van der Waals surface area (Å²) in [5.74, 6) is -2.80. The summed E-state index contributed by atoms with van der Waals surface area (Å²) in [4.78, 5) is 18.6. The van der Waals surface area contributed by atoms with Crippen LogP contribution in [-0.4, -0.2) is 55.8 Å². The normalized spacial score (nSPS) is 17.7. The minimum absolute atomic E-state index is 0.0217. The van der Waals surface area contributed by atoms with Crippen LogP contribution in [0, 0.1) is 29.4 Å². The van der Waals surface area contributed by atoms with Gasteiger partial charge in [-0.3, -0.25) is 18.9 Å². The number of nitrogens with one attached hydrogen (secondary N) is 2. The number of fused-ring (bicyclic) bond motifs is 4. The number of alkyl halides is 4. The van der Waals surface area contributed by atoms with E-state index in [1.165, 1.54) is 24.6 Å². The summed E-state index contributed by atoms with van der Waals surface area (Å²) in [6.45, 7) is 1.99. The second-order valence-electron chi connectivity index (χ2n) is 14.3.